The van der Waals surface area contributed by atoms with Crippen molar-refractivity contribution < 1.29 is 9.90 Å². The average molecular weight is 307 g/mol. The molecule has 6 nitrogen and oxygen atoms in total. The van der Waals surface area contributed by atoms with Gasteiger partial charge in [-0.1, -0.05) is 11.6 Å². The first-order chi connectivity index (χ1) is 10.1. The number of halogens is 1. The zero-order chi connectivity index (χ0) is 14.8. The first kappa shape index (κ1) is 13.9. The zero-order valence-corrected chi connectivity index (χ0v) is 12.0. The Morgan fingerprint density at radius 1 is 1.48 bits per heavy atom. The van der Waals surface area contributed by atoms with Gasteiger partial charge in [-0.3, -0.25) is 0 Å². The Hall–Kier alpha value is -2.08. The van der Waals surface area contributed by atoms with E-state index in [4.69, 9.17) is 16.7 Å². The van der Waals surface area contributed by atoms with Crippen LogP contribution < -0.4 is 4.90 Å². The van der Waals surface area contributed by atoms with Gasteiger partial charge in [0.25, 0.3) is 0 Å². The monoisotopic (exact) mass is 306 g/mol. The Bertz CT molecular complexity index is 644. The fraction of sp³-hybridized carbons (Fsp3) is 0.357. The van der Waals surface area contributed by atoms with Crippen LogP contribution in [0.1, 0.15) is 34.9 Å². The molecule has 0 radical (unpaired) electrons. The van der Waals surface area contributed by atoms with Gasteiger partial charge in [0.05, 0.1) is 10.6 Å². The zero-order valence-electron chi connectivity index (χ0n) is 11.3. The van der Waals surface area contributed by atoms with Crippen molar-refractivity contribution in [1.82, 2.24) is 15.0 Å². The molecule has 1 atom stereocenters. The molecule has 0 saturated carbocycles. The molecule has 110 valence electrons. The topological polar surface area (TPSA) is 82.1 Å². The largest absolute Gasteiger partial charge is 0.478 e. The van der Waals surface area contributed by atoms with Crippen molar-refractivity contribution in [1.29, 1.82) is 0 Å². The molecule has 0 amide bonds. The smallest absolute Gasteiger partial charge is 0.337 e. The summed E-state index contributed by atoms with van der Waals surface area (Å²) in [7, 11) is 0. The minimum Gasteiger partial charge on any atom is -0.478 e. The van der Waals surface area contributed by atoms with E-state index in [0.29, 0.717) is 16.8 Å². The molecule has 2 N–H and O–H groups in total. The number of aromatic amines is 1. The number of imidazole rings is 1. The second kappa shape index (κ2) is 5.73. The van der Waals surface area contributed by atoms with Crippen LogP contribution in [0.15, 0.2) is 24.7 Å². The SMILES string of the molecule is O=C(O)c1cnc(N2CCC[C@@H](c3ncc[nH]3)C2)c(Cl)c1. The molecule has 2 aromatic heterocycles. The van der Waals surface area contributed by atoms with Crippen LogP contribution in [0.2, 0.25) is 5.02 Å². The van der Waals surface area contributed by atoms with Crippen molar-refractivity contribution in [3.63, 3.8) is 0 Å². The average Bonchev–Trinajstić information content (AvgIpc) is 3.01. The molecule has 1 saturated heterocycles. The Labute approximate surface area is 126 Å². The molecule has 0 unspecified atom stereocenters. The van der Waals surface area contributed by atoms with Crippen LogP contribution in [0.5, 0.6) is 0 Å². The summed E-state index contributed by atoms with van der Waals surface area (Å²) >= 11 is 6.19. The molecule has 3 rings (SSSR count). The van der Waals surface area contributed by atoms with Gasteiger partial charge in [-0.2, -0.15) is 0 Å². The molecule has 1 aliphatic rings. The number of carboxylic acid groups (broad SMARTS) is 1. The Kier molecular flexibility index (Phi) is 3.79. The van der Waals surface area contributed by atoms with Crippen molar-refractivity contribution >= 4 is 23.4 Å². The maximum absolute atomic E-state index is 10.9. The minimum atomic E-state index is -1.02. The van der Waals surface area contributed by atoms with Crippen molar-refractivity contribution in [2.75, 3.05) is 18.0 Å². The highest BCUT2D eigenvalue weighted by molar-refractivity contribution is 6.33. The van der Waals surface area contributed by atoms with Crippen LogP contribution in [-0.2, 0) is 0 Å². The number of piperidine rings is 1. The number of nitrogens with one attached hydrogen (secondary N) is 1. The summed E-state index contributed by atoms with van der Waals surface area (Å²) in [5.41, 5.74) is 0.100. The predicted octanol–water partition coefficient (Wildman–Crippen LogP) is 2.54. The Balaban J connectivity index is 1.82. The summed E-state index contributed by atoms with van der Waals surface area (Å²) in [6.45, 7) is 1.63. The number of hydrogen-bond acceptors (Lipinski definition) is 4. The van der Waals surface area contributed by atoms with Gasteiger partial charge < -0.3 is 15.0 Å². The summed E-state index contributed by atoms with van der Waals surface area (Å²) in [5.74, 6) is 0.893. The lowest BCUT2D eigenvalue weighted by Crippen LogP contribution is -2.35. The second-order valence-electron chi connectivity index (χ2n) is 5.09. The highest BCUT2D eigenvalue weighted by Gasteiger charge is 2.25. The van der Waals surface area contributed by atoms with Crippen molar-refractivity contribution in [3.8, 4) is 0 Å². The highest BCUT2D eigenvalue weighted by atomic mass is 35.5. The van der Waals surface area contributed by atoms with Gasteiger partial charge in [0, 0.05) is 37.6 Å². The number of H-pyrrole nitrogens is 1. The number of rotatable bonds is 3. The van der Waals surface area contributed by atoms with E-state index in [1.807, 2.05) is 6.20 Å². The third kappa shape index (κ3) is 2.85. The number of nitrogens with zero attached hydrogens (tertiary/aromatic N) is 3. The normalized spacial score (nSPS) is 18.7. The molecule has 3 heterocycles. The molecule has 0 aromatic carbocycles. The van der Waals surface area contributed by atoms with E-state index in [1.165, 1.54) is 12.3 Å². The van der Waals surface area contributed by atoms with Crippen molar-refractivity contribution in [2.45, 2.75) is 18.8 Å². The van der Waals surface area contributed by atoms with E-state index in [2.05, 4.69) is 19.9 Å². The lowest BCUT2D eigenvalue weighted by molar-refractivity contribution is 0.0696. The summed E-state index contributed by atoms with van der Waals surface area (Å²) in [5, 5.41) is 9.32. The summed E-state index contributed by atoms with van der Waals surface area (Å²) < 4.78 is 0. The molecule has 21 heavy (non-hydrogen) atoms. The van der Waals surface area contributed by atoms with Crippen LogP contribution in [0.3, 0.4) is 0 Å². The Morgan fingerprint density at radius 3 is 3.00 bits per heavy atom. The quantitative estimate of drug-likeness (QED) is 0.910. The van der Waals surface area contributed by atoms with Crippen LogP contribution in [-0.4, -0.2) is 39.1 Å². The summed E-state index contributed by atoms with van der Waals surface area (Å²) in [4.78, 5) is 24.7. The van der Waals surface area contributed by atoms with E-state index in [-0.39, 0.29) is 5.56 Å². The molecule has 1 aliphatic heterocycles. The van der Waals surface area contributed by atoms with E-state index in [9.17, 15) is 4.79 Å². The number of pyridine rings is 1. The first-order valence-electron chi connectivity index (χ1n) is 6.78. The van der Waals surface area contributed by atoms with Gasteiger partial charge in [-0.05, 0) is 18.9 Å². The first-order valence-corrected chi connectivity index (χ1v) is 7.16. The third-order valence-electron chi connectivity index (χ3n) is 3.70. The van der Waals surface area contributed by atoms with Gasteiger partial charge >= 0.3 is 5.97 Å². The standard InChI is InChI=1S/C14H15ClN4O2/c15-11-6-10(14(20)21)7-18-13(11)19-5-1-2-9(8-19)12-16-3-4-17-12/h3-4,6-7,9H,1-2,5,8H2,(H,16,17)(H,20,21)/t9-/m1/s1. The molecule has 0 spiro atoms. The maximum atomic E-state index is 10.9. The molecule has 1 fully saturated rings. The molecular formula is C14H15ClN4O2. The molecule has 0 bridgehead atoms. The number of hydrogen-bond donors (Lipinski definition) is 2. The van der Waals surface area contributed by atoms with Crippen LogP contribution in [0, 0.1) is 0 Å². The van der Waals surface area contributed by atoms with Gasteiger partial charge in [0.15, 0.2) is 0 Å². The van der Waals surface area contributed by atoms with Gasteiger partial charge in [0.2, 0.25) is 0 Å². The minimum absolute atomic E-state index is 0.100. The van der Waals surface area contributed by atoms with E-state index < -0.39 is 5.97 Å². The van der Waals surface area contributed by atoms with Crippen molar-refractivity contribution in [3.05, 3.63) is 41.1 Å². The molecule has 2 aromatic rings. The fourth-order valence-electron chi connectivity index (χ4n) is 2.67. The maximum Gasteiger partial charge on any atom is 0.337 e. The Morgan fingerprint density at radius 2 is 2.33 bits per heavy atom. The number of carboxylic acids is 1. The number of carbonyl (C=O) groups is 1. The molecule has 0 aliphatic carbocycles. The molecular weight excluding hydrogens is 292 g/mol. The van der Waals surface area contributed by atoms with Crippen LogP contribution >= 0.6 is 11.6 Å². The third-order valence-corrected chi connectivity index (χ3v) is 3.97. The van der Waals surface area contributed by atoms with Crippen LogP contribution in [0.4, 0.5) is 5.82 Å². The predicted molar refractivity (Wildman–Crippen MR) is 79.0 cm³/mol. The number of aromatic nitrogens is 3. The van der Waals surface area contributed by atoms with Gasteiger partial charge in [-0.15, -0.1) is 0 Å². The highest BCUT2D eigenvalue weighted by Crippen LogP contribution is 2.31. The van der Waals surface area contributed by atoms with Crippen LogP contribution in [0.25, 0.3) is 0 Å². The van der Waals surface area contributed by atoms with E-state index >= 15 is 0 Å². The summed E-state index contributed by atoms with van der Waals surface area (Å²) in [6, 6.07) is 1.45. The lowest BCUT2D eigenvalue weighted by atomic mass is 9.97. The van der Waals surface area contributed by atoms with Gasteiger partial charge in [0.1, 0.15) is 11.6 Å². The molecule has 7 heteroatoms. The van der Waals surface area contributed by atoms with E-state index in [1.54, 1.807) is 6.20 Å². The number of anilines is 1. The summed E-state index contributed by atoms with van der Waals surface area (Å²) in [6.07, 6.45) is 7.00. The lowest BCUT2D eigenvalue weighted by Gasteiger charge is -2.33. The van der Waals surface area contributed by atoms with Gasteiger partial charge in [-0.25, -0.2) is 14.8 Å². The van der Waals surface area contributed by atoms with E-state index in [0.717, 1.165) is 31.8 Å². The number of aromatic carboxylic acids is 1. The van der Waals surface area contributed by atoms with Crippen molar-refractivity contribution in [2.24, 2.45) is 0 Å². The second-order valence-corrected chi connectivity index (χ2v) is 5.50. The fourth-order valence-corrected chi connectivity index (χ4v) is 2.96.